The molecule has 5 heteroatoms. The highest BCUT2D eigenvalue weighted by Crippen LogP contribution is 2.27. The molecule has 0 saturated heterocycles. The number of imidazole rings is 1. The Morgan fingerprint density at radius 2 is 1.72 bits per heavy atom. The van der Waals surface area contributed by atoms with E-state index in [9.17, 15) is 4.79 Å². The maximum Gasteiger partial charge on any atom is 0.274 e. The lowest BCUT2D eigenvalue weighted by Crippen LogP contribution is -2.23. The van der Waals surface area contributed by atoms with Crippen LogP contribution in [0.2, 0.25) is 0 Å². The van der Waals surface area contributed by atoms with Crippen LogP contribution in [-0.4, -0.2) is 15.9 Å². The van der Waals surface area contributed by atoms with E-state index in [4.69, 9.17) is 4.98 Å². The Morgan fingerprint density at radius 3 is 2.34 bits per heavy atom. The Morgan fingerprint density at radius 1 is 1.03 bits per heavy atom. The summed E-state index contributed by atoms with van der Waals surface area (Å²) in [6, 6.07) is 17.9. The van der Waals surface area contributed by atoms with E-state index < -0.39 is 0 Å². The van der Waals surface area contributed by atoms with Gasteiger partial charge in [0.2, 0.25) is 0 Å². The average Bonchev–Trinajstić information content (AvgIpc) is 3.17. The van der Waals surface area contributed by atoms with Gasteiger partial charge in [0, 0.05) is 11.1 Å². The van der Waals surface area contributed by atoms with Gasteiger partial charge in [-0.05, 0) is 38.7 Å². The van der Waals surface area contributed by atoms with Crippen molar-refractivity contribution >= 4 is 17.7 Å². The smallest absolute Gasteiger partial charge is 0.274 e. The number of benzene rings is 2. The number of carbonyl (C=O) groups is 1. The fraction of sp³-hybridized carbons (Fsp3) is 0.167. The number of nitrogens with zero attached hydrogens (tertiary/aromatic N) is 1. The van der Waals surface area contributed by atoms with Crippen molar-refractivity contribution in [2.24, 2.45) is 0 Å². The van der Waals surface area contributed by atoms with Crippen molar-refractivity contribution in [3.63, 3.8) is 0 Å². The summed E-state index contributed by atoms with van der Waals surface area (Å²) in [6.07, 6.45) is 1.95. The van der Waals surface area contributed by atoms with E-state index in [2.05, 4.69) is 10.3 Å². The van der Waals surface area contributed by atoms with Gasteiger partial charge in [0.1, 0.15) is 17.2 Å². The number of allylic oxidation sites excluding steroid dienone is 2. The number of aryl methyl sites for hydroxylation is 1. The van der Waals surface area contributed by atoms with E-state index in [0.717, 1.165) is 27.3 Å². The summed E-state index contributed by atoms with van der Waals surface area (Å²) in [6.45, 7) is 7.95. The van der Waals surface area contributed by atoms with Crippen LogP contribution < -0.4 is 5.32 Å². The molecule has 0 spiro atoms. The molecule has 0 radical (unpaired) electrons. The maximum absolute atomic E-state index is 13.2. The first-order chi connectivity index (χ1) is 14.0. The molecule has 1 heterocycles. The third-order valence-electron chi connectivity index (χ3n) is 4.31. The van der Waals surface area contributed by atoms with Gasteiger partial charge in [0.15, 0.2) is 0 Å². The minimum Gasteiger partial charge on any atom is -0.333 e. The molecule has 0 aliphatic carbocycles. The van der Waals surface area contributed by atoms with Gasteiger partial charge in [-0.3, -0.25) is 4.79 Å². The topological polar surface area (TPSA) is 57.8 Å². The Labute approximate surface area is 176 Å². The zero-order valence-electron chi connectivity index (χ0n) is 17.1. The summed E-state index contributed by atoms with van der Waals surface area (Å²) in [7, 11) is 0. The van der Waals surface area contributed by atoms with Crippen LogP contribution in [-0.2, 0) is 0 Å². The van der Waals surface area contributed by atoms with Crippen LogP contribution >= 0.6 is 11.8 Å². The Bertz CT molecular complexity index is 1040. The highest BCUT2D eigenvalue weighted by atomic mass is 32.2. The standard InChI is InChI=1S/C24H25N3OS/c1-5-15-29-24(16(2)3)27-23(28)21-20(18-13-11-17(4)12-14-18)25-22(26-21)19-9-7-6-8-10-19/h5-15H,1-4H3,(H,25,26)(H,27,28)/b15-5-. The predicted molar refractivity (Wildman–Crippen MR) is 122 cm³/mol. The van der Waals surface area contributed by atoms with Crippen molar-refractivity contribution in [1.82, 2.24) is 15.3 Å². The van der Waals surface area contributed by atoms with Gasteiger partial charge in [-0.1, -0.05) is 78.0 Å². The lowest BCUT2D eigenvalue weighted by atomic mass is 10.1. The second kappa shape index (κ2) is 9.43. The van der Waals surface area contributed by atoms with E-state index in [1.54, 1.807) is 0 Å². The monoisotopic (exact) mass is 403 g/mol. The van der Waals surface area contributed by atoms with Gasteiger partial charge in [-0.15, -0.1) is 0 Å². The van der Waals surface area contributed by atoms with Gasteiger partial charge in [-0.2, -0.15) is 0 Å². The third kappa shape index (κ3) is 5.06. The number of carbonyl (C=O) groups excluding carboxylic acids is 1. The number of hydrogen-bond donors (Lipinski definition) is 2. The van der Waals surface area contributed by atoms with E-state index >= 15 is 0 Å². The zero-order valence-corrected chi connectivity index (χ0v) is 17.9. The fourth-order valence-electron chi connectivity index (χ4n) is 2.76. The Kier molecular flexibility index (Phi) is 6.73. The molecule has 29 heavy (non-hydrogen) atoms. The van der Waals surface area contributed by atoms with E-state index in [1.807, 2.05) is 93.8 Å². The summed E-state index contributed by atoms with van der Waals surface area (Å²) in [4.78, 5) is 21.2. The van der Waals surface area contributed by atoms with Crippen LogP contribution in [0.3, 0.4) is 0 Å². The van der Waals surface area contributed by atoms with Crippen LogP contribution in [0.25, 0.3) is 22.6 Å². The van der Waals surface area contributed by atoms with E-state index in [1.165, 1.54) is 11.8 Å². The van der Waals surface area contributed by atoms with Gasteiger partial charge >= 0.3 is 0 Å². The summed E-state index contributed by atoms with van der Waals surface area (Å²) >= 11 is 1.49. The first-order valence-corrected chi connectivity index (χ1v) is 10.4. The molecule has 1 aromatic heterocycles. The highest BCUT2D eigenvalue weighted by Gasteiger charge is 2.20. The van der Waals surface area contributed by atoms with Gasteiger partial charge in [0.05, 0.1) is 5.03 Å². The molecule has 0 aliphatic rings. The molecule has 2 N–H and O–H groups in total. The second-order valence-corrected chi connectivity index (χ2v) is 7.83. The number of H-pyrrole nitrogens is 1. The first kappa shape index (κ1) is 20.7. The van der Waals surface area contributed by atoms with Crippen LogP contribution in [0, 0.1) is 6.92 Å². The van der Waals surface area contributed by atoms with Gasteiger partial charge in [0.25, 0.3) is 5.91 Å². The maximum atomic E-state index is 13.2. The van der Waals surface area contributed by atoms with Crippen LogP contribution in [0.4, 0.5) is 0 Å². The summed E-state index contributed by atoms with van der Waals surface area (Å²) in [5, 5.41) is 5.80. The highest BCUT2D eigenvalue weighted by molar-refractivity contribution is 8.05. The van der Waals surface area contributed by atoms with Crippen molar-refractivity contribution < 1.29 is 4.79 Å². The van der Waals surface area contributed by atoms with Crippen molar-refractivity contribution in [3.8, 4) is 22.6 Å². The predicted octanol–water partition coefficient (Wildman–Crippen LogP) is 6.30. The molecule has 3 aromatic rings. The van der Waals surface area contributed by atoms with Crippen LogP contribution in [0.1, 0.15) is 36.8 Å². The molecule has 4 nitrogen and oxygen atoms in total. The van der Waals surface area contributed by atoms with Crippen molar-refractivity contribution in [2.75, 3.05) is 0 Å². The lowest BCUT2D eigenvalue weighted by Gasteiger charge is -2.10. The van der Waals surface area contributed by atoms with Crippen LogP contribution in [0.5, 0.6) is 0 Å². The minimum absolute atomic E-state index is 0.205. The van der Waals surface area contributed by atoms with Gasteiger partial charge < -0.3 is 10.3 Å². The molecule has 3 rings (SSSR count). The molecular formula is C24H25N3OS. The number of aromatic amines is 1. The van der Waals surface area contributed by atoms with Gasteiger partial charge in [-0.25, -0.2) is 4.98 Å². The Balaban J connectivity index is 2.03. The molecule has 148 valence electrons. The SMILES string of the molecule is C/C=C\SC(NC(=O)c1[nH]c(-c2ccccc2)nc1-c1ccc(C)cc1)=C(C)C. The molecule has 1 amide bonds. The van der Waals surface area contributed by atoms with E-state index in [-0.39, 0.29) is 5.91 Å². The average molecular weight is 404 g/mol. The summed E-state index contributed by atoms with van der Waals surface area (Å²) in [5.41, 5.74) is 5.14. The third-order valence-corrected chi connectivity index (χ3v) is 5.46. The molecule has 0 saturated carbocycles. The quantitative estimate of drug-likeness (QED) is 0.508. The van der Waals surface area contributed by atoms with Crippen molar-refractivity contribution in [1.29, 1.82) is 0 Å². The first-order valence-electron chi connectivity index (χ1n) is 9.48. The van der Waals surface area contributed by atoms with Crippen molar-refractivity contribution in [3.05, 3.63) is 87.9 Å². The molecule has 0 aliphatic heterocycles. The molecule has 0 bridgehead atoms. The molecule has 0 atom stereocenters. The molecular weight excluding hydrogens is 378 g/mol. The molecule has 0 unspecified atom stereocenters. The summed E-state index contributed by atoms with van der Waals surface area (Å²) < 4.78 is 0. The second-order valence-electron chi connectivity index (χ2n) is 6.91. The Hall–Kier alpha value is -3.05. The number of hydrogen-bond acceptors (Lipinski definition) is 3. The lowest BCUT2D eigenvalue weighted by molar-refractivity contribution is 0.0965. The van der Waals surface area contributed by atoms with Crippen molar-refractivity contribution in [2.45, 2.75) is 27.7 Å². The number of aromatic nitrogens is 2. The number of rotatable bonds is 6. The molecule has 0 fully saturated rings. The summed E-state index contributed by atoms with van der Waals surface area (Å²) in [5.74, 6) is 0.467. The number of nitrogens with one attached hydrogen (secondary N) is 2. The largest absolute Gasteiger partial charge is 0.333 e. The normalized spacial score (nSPS) is 10.9. The number of thioether (sulfide) groups is 1. The van der Waals surface area contributed by atoms with Crippen LogP contribution in [0.15, 0.2) is 76.7 Å². The fourth-order valence-corrected chi connectivity index (χ4v) is 3.42. The minimum atomic E-state index is -0.205. The van der Waals surface area contributed by atoms with E-state index in [0.29, 0.717) is 17.2 Å². The molecule has 2 aromatic carbocycles. The number of amides is 1. The zero-order chi connectivity index (χ0) is 20.8.